The van der Waals surface area contributed by atoms with Gasteiger partial charge in [-0.25, -0.2) is 0 Å². The zero-order chi connectivity index (χ0) is 17.3. The molecule has 3 heteroatoms. The fourth-order valence-electron chi connectivity index (χ4n) is 3.57. The average Bonchev–Trinajstić information content (AvgIpc) is 2.62. The van der Waals surface area contributed by atoms with Crippen molar-refractivity contribution in [3.8, 4) is 0 Å². The van der Waals surface area contributed by atoms with Crippen molar-refractivity contribution in [1.82, 2.24) is 14.8 Å². The Balaban J connectivity index is 1.37. The van der Waals surface area contributed by atoms with Crippen molar-refractivity contribution in [2.24, 2.45) is 0 Å². The van der Waals surface area contributed by atoms with Gasteiger partial charge in [0.2, 0.25) is 0 Å². The Morgan fingerprint density at radius 3 is 2.04 bits per heavy atom. The molecule has 3 rings (SSSR count). The maximum atomic E-state index is 4.44. The number of aryl methyl sites for hydroxylation is 1. The van der Waals surface area contributed by atoms with E-state index in [0.29, 0.717) is 0 Å². The standard InChI is InChI=1S/C22H31N3/c1-20-7-9-21(10-8-20)11-18-24-14-4-16-25(17-5-15-24)19-12-22-6-2-3-13-23-22/h2-3,6-10,13H,4-5,11-12,14-19H2,1H3. The van der Waals surface area contributed by atoms with Gasteiger partial charge in [-0.1, -0.05) is 35.9 Å². The van der Waals surface area contributed by atoms with Crippen LogP contribution in [-0.4, -0.2) is 54.1 Å². The quantitative estimate of drug-likeness (QED) is 0.803. The fraction of sp³-hybridized carbons (Fsp3) is 0.500. The lowest BCUT2D eigenvalue weighted by Crippen LogP contribution is -2.38. The number of aromatic nitrogens is 1. The number of benzene rings is 1. The highest BCUT2D eigenvalue weighted by atomic mass is 15.2. The van der Waals surface area contributed by atoms with Crippen molar-refractivity contribution >= 4 is 0 Å². The van der Waals surface area contributed by atoms with Crippen molar-refractivity contribution in [2.75, 3.05) is 39.3 Å². The summed E-state index contributed by atoms with van der Waals surface area (Å²) in [7, 11) is 0. The first-order valence-corrected chi connectivity index (χ1v) is 9.70. The first-order chi connectivity index (χ1) is 12.3. The lowest BCUT2D eigenvalue weighted by molar-refractivity contribution is 0.184. The predicted molar refractivity (Wildman–Crippen MR) is 105 cm³/mol. The summed E-state index contributed by atoms with van der Waals surface area (Å²) < 4.78 is 0. The minimum Gasteiger partial charge on any atom is -0.303 e. The number of pyridine rings is 1. The molecule has 1 aliphatic heterocycles. The van der Waals surface area contributed by atoms with Crippen LogP contribution in [0.4, 0.5) is 0 Å². The van der Waals surface area contributed by atoms with Gasteiger partial charge in [-0.05, 0) is 70.1 Å². The maximum absolute atomic E-state index is 4.44. The number of rotatable bonds is 6. The number of hydrogen-bond donors (Lipinski definition) is 0. The van der Waals surface area contributed by atoms with Gasteiger partial charge in [-0.2, -0.15) is 0 Å². The molecule has 0 N–H and O–H groups in total. The summed E-state index contributed by atoms with van der Waals surface area (Å²) in [6.45, 7) is 9.37. The molecule has 0 saturated carbocycles. The molecule has 0 bridgehead atoms. The fourth-order valence-corrected chi connectivity index (χ4v) is 3.57. The highest BCUT2D eigenvalue weighted by molar-refractivity contribution is 5.21. The summed E-state index contributed by atoms with van der Waals surface area (Å²) in [6, 6.07) is 15.2. The second-order valence-electron chi connectivity index (χ2n) is 7.20. The van der Waals surface area contributed by atoms with Gasteiger partial charge in [-0.3, -0.25) is 4.98 Å². The van der Waals surface area contributed by atoms with E-state index in [9.17, 15) is 0 Å². The zero-order valence-corrected chi connectivity index (χ0v) is 15.5. The molecule has 134 valence electrons. The molecule has 2 heterocycles. The van der Waals surface area contributed by atoms with Crippen molar-refractivity contribution in [3.63, 3.8) is 0 Å². The largest absolute Gasteiger partial charge is 0.303 e. The Kier molecular flexibility index (Phi) is 7.01. The van der Waals surface area contributed by atoms with Gasteiger partial charge in [0.05, 0.1) is 0 Å². The van der Waals surface area contributed by atoms with Crippen LogP contribution in [0.1, 0.15) is 29.7 Å². The third kappa shape index (κ3) is 6.26. The molecule has 0 aliphatic carbocycles. The molecule has 0 atom stereocenters. The monoisotopic (exact) mass is 337 g/mol. The normalized spacial score (nSPS) is 17.2. The SMILES string of the molecule is Cc1ccc(CCN2CCCN(CCc3ccccn3)CCC2)cc1. The first kappa shape index (κ1) is 18.1. The Morgan fingerprint density at radius 2 is 1.44 bits per heavy atom. The van der Waals surface area contributed by atoms with Crippen LogP contribution in [-0.2, 0) is 12.8 Å². The minimum absolute atomic E-state index is 1.07. The van der Waals surface area contributed by atoms with Crippen LogP contribution in [0, 0.1) is 6.92 Å². The van der Waals surface area contributed by atoms with Crippen molar-refractivity contribution in [2.45, 2.75) is 32.6 Å². The van der Waals surface area contributed by atoms with E-state index in [0.717, 1.165) is 13.0 Å². The Labute approximate surface area is 152 Å². The van der Waals surface area contributed by atoms with E-state index in [1.54, 1.807) is 0 Å². The van der Waals surface area contributed by atoms with Crippen LogP contribution >= 0.6 is 0 Å². The molecule has 1 saturated heterocycles. The minimum atomic E-state index is 1.07. The molecule has 0 amide bonds. The summed E-state index contributed by atoms with van der Waals surface area (Å²) in [5.74, 6) is 0. The third-order valence-corrected chi connectivity index (χ3v) is 5.14. The summed E-state index contributed by atoms with van der Waals surface area (Å²) in [4.78, 5) is 9.71. The van der Waals surface area contributed by atoms with E-state index >= 15 is 0 Å². The molecule has 3 nitrogen and oxygen atoms in total. The van der Waals surface area contributed by atoms with Crippen LogP contribution in [0.3, 0.4) is 0 Å². The molecular weight excluding hydrogens is 306 g/mol. The topological polar surface area (TPSA) is 19.4 Å². The first-order valence-electron chi connectivity index (χ1n) is 9.70. The molecule has 1 aromatic heterocycles. The van der Waals surface area contributed by atoms with E-state index in [4.69, 9.17) is 0 Å². The van der Waals surface area contributed by atoms with Gasteiger partial charge in [0.1, 0.15) is 0 Å². The second-order valence-corrected chi connectivity index (χ2v) is 7.20. The predicted octanol–water partition coefficient (Wildman–Crippen LogP) is 3.57. The van der Waals surface area contributed by atoms with Crippen LogP contribution < -0.4 is 0 Å². The van der Waals surface area contributed by atoms with E-state index in [-0.39, 0.29) is 0 Å². The smallest absolute Gasteiger partial charge is 0.0416 e. The summed E-state index contributed by atoms with van der Waals surface area (Å²) >= 11 is 0. The Morgan fingerprint density at radius 1 is 0.800 bits per heavy atom. The van der Waals surface area contributed by atoms with Crippen LogP contribution in [0.5, 0.6) is 0 Å². The third-order valence-electron chi connectivity index (χ3n) is 5.14. The molecular formula is C22H31N3. The van der Waals surface area contributed by atoms with Gasteiger partial charge < -0.3 is 9.80 Å². The lowest BCUT2D eigenvalue weighted by atomic mass is 10.1. The second kappa shape index (κ2) is 9.69. The van der Waals surface area contributed by atoms with Crippen molar-refractivity contribution in [3.05, 3.63) is 65.5 Å². The highest BCUT2D eigenvalue weighted by Gasteiger charge is 2.13. The van der Waals surface area contributed by atoms with Gasteiger partial charge in [-0.15, -0.1) is 0 Å². The van der Waals surface area contributed by atoms with Gasteiger partial charge >= 0.3 is 0 Å². The van der Waals surface area contributed by atoms with Crippen LogP contribution in [0.25, 0.3) is 0 Å². The van der Waals surface area contributed by atoms with Crippen molar-refractivity contribution < 1.29 is 0 Å². The zero-order valence-electron chi connectivity index (χ0n) is 15.5. The highest BCUT2D eigenvalue weighted by Crippen LogP contribution is 2.09. The summed E-state index contributed by atoms with van der Waals surface area (Å²) in [5.41, 5.74) is 4.02. The van der Waals surface area contributed by atoms with Crippen molar-refractivity contribution in [1.29, 1.82) is 0 Å². The van der Waals surface area contributed by atoms with E-state index in [2.05, 4.69) is 58.1 Å². The van der Waals surface area contributed by atoms with E-state index < -0.39 is 0 Å². The van der Waals surface area contributed by atoms with E-state index in [1.165, 1.54) is 68.8 Å². The molecule has 25 heavy (non-hydrogen) atoms. The summed E-state index contributed by atoms with van der Waals surface area (Å²) in [6.07, 6.45) is 6.68. The molecule has 0 spiro atoms. The molecule has 1 fully saturated rings. The molecule has 0 radical (unpaired) electrons. The Hall–Kier alpha value is -1.71. The molecule has 2 aromatic rings. The van der Waals surface area contributed by atoms with Gasteiger partial charge in [0.15, 0.2) is 0 Å². The Bertz CT molecular complexity index is 599. The number of hydrogen-bond acceptors (Lipinski definition) is 3. The van der Waals surface area contributed by atoms with E-state index in [1.807, 2.05) is 12.3 Å². The molecule has 1 aromatic carbocycles. The average molecular weight is 338 g/mol. The molecule has 1 aliphatic rings. The summed E-state index contributed by atoms with van der Waals surface area (Å²) in [5, 5.41) is 0. The maximum Gasteiger partial charge on any atom is 0.0416 e. The van der Waals surface area contributed by atoms with Gasteiger partial charge in [0.25, 0.3) is 0 Å². The molecule has 0 unspecified atom stereocenters. The van der Waals surface area contributed by atoms with Crippen LogP contribution in [0.15, 0.2) is 48.7 Å². The number of nitrogens with zero attached hydrogens (tertiary/aromatic N) is 3. The van der Waals surface area contributed by atoms with Crippen LogP contribution in [0.2, 0.25) is 0 Å². The lowest BCUT2D eigenvalue weighted by Gasteiger charge is -2.30. The van der Waals surface area contributed by atoms with Gasteiger partial charge in [0, 0.05) is 31.4 Å².